The van der Waals surface area contributed by atoms with Gasteiger partial charge in [-0.2, -0.15) is 0 Å². The van der Waals surface area contributed by atoms with E-state index in [1.54, 1.807) is 7.11 Å². The quantitative estimate of drug-likeness (QED) is 0.744. The van der Waals surface area contributed by atoms with E-state index in [2.05, 4.69) is 20.3 Å². The first-order chi connectivity index (χ1) is 10.6. The Morgan fingerprint density at radius 2 is 2.00 bits per heavy atom. The van der Waals surface area contributed by atoms with Crippen LogP contribution in [0, 0.1) is 4.77 Å². The van der Waals surface area contributed by atoms with Crippen molar-refractivity contribution in [3.8, 4) is 5.75 Å². The molecule has 0 aliphatic carbocycles. The number of anilines is 1. The van der Waals surface area contributed by atoms with Crippen molar-refractivity contribution in [2.45, 2.75) is 19.4 Å². The molecule has 0 amide bonds. The van der Waals surface area contributed by atoms with E-state index >= 15 is 0 Å². The Morgan fingerprint density at radius 1 is 1.27 bits per heavy atom. The highest BCUT2D eigenvalue weighted by atomic mass is 32.1. The number of rotatable bonds is 2. The van der Waals surface area contributed by atoms with E-state index in [0.29, 0.717) is 17.9 Å². The van der Waals surface area contributed by atoms with E-state index < -0.39 is 0 Å². The highest BCUT2D eigenvalue weighted by Crippen LogP contribution is 2.30. The molecule has 1 aromatic heterocycles. The van der Waals surface area contributed by atoms with Gasteiger partial charge >= 0.3 is 0 Å². The number of methoxy groups -OCH3 is 1. The van der Waals surface area contributed by atoms with Crippen molar-refractivity contribution >= 4 is 29.4 Å². The molecule has 2 aromatic rings. The van der Waals surface area contributed by atoms with Crippen LogP contribution < -0.4 is 15.6 Å². The summed E-state index contributed by atoms with van der Waals surface area (Å²) < 4.78 is 5.46. The average molecular weight is 316 g/mol. The van der Waals surface area contributed by atoms with Crippen molar-refractivity contribution in [2.75, 3.05) is 12.4 Å². The molecule has 2 heterocycles. The minimum absolute atomic E-state index is 0.00311. The first-order valence-electron chi connectivity index (χ1n) is 6.88. The third-order valence-electron chi connectivity index (χ3n) is 3.56. The second-order valence-electron chi connectivity index (χ2n) is 5.15. The minimum Gasteiger partial charge on any atom is -0.497 e. The van der Waals surface area contributed by atoms with E-state index in [4.69, 9.17) is 17.0 Å². The Bertz CT molecular complexity index is 836. The first-order valence-corrected chi connectivity index (χ1v) is 7.29. The van der Waals surface area contributed by atoms with Crippen LogP contribution in [0.15, 0.2) is 34.1 Å². The number of hydrogen-bond donors (Lipinski definition) is 3. The Balaban J connectivity index is 2.03. The highest BCUT2D eigenvalue weighted by Gasteiger charge is 2.20. The second kappa shape index (κ2) is 5.76. The number of aliphatic imine (C=N–C) groups is 1. The van der Waals surface area contributed by atoms with Crippen molar-refractivity contribution < 1.29 is 4.74 Å². The molecule has 3 N–H and O–H groups in total. The van der Waals surface area contributed by atoms with Gasteiger partial charge in [-0.15, -0.1) is 0 Å². The lowest BCUT2D eigenvalue weighted by Crippen LogP contribution is -2.15. The predicted octanol–water partition coefficient (Wildman–Crippen LogP) is 3.09. The number of aromatic amines is 2. The zero-order valence-corrected chi connectivity index (χ0v) is 13.1. The van der Waals surface area contributed by atoms with Crippen molar-refractivity contribution in [2.24, 2.45) is 4.99 Å². The predicted molar refractivity (Wildman–Crippen MR) is 89.0 cm³/mol. The molecule has 0 spiro atoms. The summed E-state index contributed by atoms with van der Waals surface area (Å²) in [4.78, 5) is 21.9. The summed E-state index contributed by atoms with van der Waals surface area (Å²) in [5.41, 5.74) is 2.01. The maximum Gasteiger partial charge on any atom is 0.279 e. The first kappa shape index (κ1) is 14.5. The molecule has 0 radical (unpaired) electrons. The number of fused-ring (bicyclic) bond motifs is 1. The standard InChI is InChI=1S/C15H16N4O2S/c1-8-7-11(9-3-5-10(21-2)6-4-9)17-13-12(16-8)14(20)19-15(22)18-13/h3-6,11H,7H2,1-2H3,(H3,17,18,19,20,22)/t11-/m0/s1. The van der Waals surface area contributed by atoms with Crippen molar-refractivity contribution in [1.29, 1.82) is 0 Å². The van der Waals surface area contributed by atoms with Crippen molar-refractivity contribution in [1.82, 2.24) is 9.97 Å². The summed E-state index contributed by atoms with van der Waals surface area (Å²) in [6, 6.07) is 7.82. The van der Waals surface area contributed by atoms with Crippen molar-refractivity contribution in [3.63, 3.8) is 0 Å². The summed E-state index contributed by atoms with van der Waals surface area (Å²) in [5, 5.41) is 3.33. The molecule has 1 atom stereocenters. The Labute approximate surface area is 132 Å². The number of benzene rings is 1. The van der Waals surface area contributed by atoms with E-state index in [1.165, 1.54) is 0 Å². The smallest absolute Gasteiger partial charge is 0.279 e. The molecule has 1 aliphatic rings. The summed E-state index contributed by atoms with van der Waals surface area (Å²) >= 11 is 5.03. The van der Waals surface area contributed by atoms with Crippen molar-refractivity contribution in [3.05, 3.63) is 45.0 Å². The molecule has 6 nitrogen and oxygen atoms in total. The minimum atomic E-state index is -0.291. The van der Waals surface area contributed by atoms with Gasteiger partial charge < -0.3 is 15.0 Å². The third-order valence-corrected chi connectivity index (χ3v) is 3.76. The number of H-pyrrole nitrogens is 2. The van der Waals surface area contributed by atoms with Gasteiger partial charge in [-0.1, -0.05) is 12.1 Å². The fourth-order valence-corrected chi connectivity index (χ4v) is 2.68. The van der Waals surface area contributed by atoms with Crippen LogP contribution in [0.25, 0.3) is 0 Å². The Hall–Kier alpha value is -2.41. The molecule has 3 rings (SSSR count). The van der Waals surface area contributed by atoms with Gasteiger partial charge in [-0.3, -0.25) is 9.78 Å². The molecular formula is C15H16N4O2S. The number of nitrogens with one attached hydrogen (secondary N) is 3. The largest absolute Gasteiger partial charge is 0.497 e. The number of hydrogen-bond acceptors (Lipinski definition) is 5. The van der Waals surface area contributed by atoms with Gasteiger partial charge in [-0.25, -0.2) is 4.99 Å². The summed E-state index contributed by atoms with van der Waals surface area (Å²) in [6.07, 6.45) is 0.695. The maximum atomic E-state index is 12.0. The normalized spacial score (nSPS) is 17.0. The number of aromatic nitrogens is 2. The van der Waals surface area contributed by atoms with Crippen LogP contribution in [-0.4, -0.2) is 22.8 Å². The van der Waals surface area contributed by atoms with E-state index in [0.717, 1.165) is 17.0 Å². The van der Waals surface area contributed by atoms with E-state index in [1.807, 2.05) is 31.2 Å². The van der Waals surface area contributed by atoms with Crippen LogP contribution in [0.5, 0.6) is 5.75 Å². The molecular weight excluding hydrogens is 300 g/mol. The Morgan fingerprint density at radius 3 is 2.68 bits per heavy atom. The summed E-state index contributed by atoms with van der Waals surface area (Å²) in [7, 11) is 1.64. The summed E-state index contributed by atoms with van der Waals surface area (Å²) in [6.45, 7) is 1.91. The molecule has 1 aliphatic heterocycles. The zero-order valence-electron chi connectivity index (χ0n) is 12.3. The van der Waals surface area contributed by atoms with Crippen LogP contribution in [0.4, 0.5) is 11.5 Å². The molecule has 0 saturated heterocycles. The van der Waals surface area contributed by atoms with E-state index in [9.17, 15) is 4.79 Å². The topological polar surface area (TPSA) is 82.3 Å². The van der Waals surface area contributed by atoms with Gasteiger partial charge in [0.1, 0.15) is 11.6 Å². The fourth-order valence-electron chi connectivity index (χ4n) is 2.49. The molecule has 114 valence electrons. The molecule has 7 heteroatoms. The van der Waals surface area contributed by atoms with Crippen LogP contribution in [0.1, 0.15) is 24.9 Å². The molecule has 1 aromatic carbocycles. The van der Waals surface area contributed by atoms with Gasteiger partial charge in [-0.05, 0) is 36.8 Å². The average Bonchev–Trinajstić information content (AvgIpc) is 2.66. The number of ether oxygens (including phenoxy) is 1. The molecule has 0 saturated carbocycles. The van der Waals surface area contributed by atoms with Gasteiger partial charge in [0.05, 0.1) is 13.2 Å². The third kappa shape index (κ3) is 2.80. The van der Waals surface area contributed by atoms with Gasteiger partial charge in [0, 0.05) is 12.1 Å². The van der Waals surface area contributed by atoms with Gasteiger partial charge in [0.2, 0.25) is 0 Å². The lowest BCUT2D eigenvalue weighted by Gasteiger charge is -2.18. The van der Waals surface area contributed by atoms with E-state index in [-0.39, 0.29) is 16.4 Å². The fraction of sp³-hybridized carbons (Fsp3) is 0.267. The van der Waals surface area contributed by atoms with Gasteiger partial charge in [0.15, 0.2) is 10.5 Å². The van der Waals surface area contributed by atoms with Crippen LogP contribution in [-0.2, 0) is 0 Å². The maximum absolute atomic E-state index is 12.0. The highest BCUT2D eigenvalue weighted by molar-refractivity contribution is 7.71. The second-order valence-corrected chi connectivity index (χ2v) is 5.56. The van der Waals surface area contributed by atoms with Crippen LogP contribution in [0.3, 0.4) is 0 Å². The molecule has 0 unspecified atom stereocenters. The van der Waals surface area contributed by atoms with Gasteiger partial charge in [0.25, 0.3) is 5.56 Å². The van der Waals surface area contributed by atoms with Crippen LogP contribution in [0.2, 0.25) is 0 Å². The lowest BCUT2D eigenvalue weighted by molar-refractivity contribution is 0.414. The zero-order chi connectivity index (χ0) is 15.7. The Kier molecular flexibility index (Phi) is 3.81. The lowest BCUT2D eigenvalue weighted by atomic mass is 10.0. The molecule has 0 bridgehead atoms. The molecule has 22 heavy (non-hydrogen) atoms. The SMILES string of the molecule is COc1ccc([C@@H]2CC(C)=Nc3c([nH]c(=S)[nH]c3=O)N2)cc1. The van der Waals surface area contributed by atoms with Crippen LogP contribution >= 0.6 is 12.2 Å². The number of nitrogens with zero attached hydrogens (tertiary/aromatic N) is 1. The molecule has 0 fully saturated rings. The summed E-state index contributed by atoms with van der Waals surface area (Å²) in [5.74, 6) is 1.35. The monoisotopic (exact) mass is 316 g/mol.